The number of aliphatic hydroxyl groups is 1. The van der Waals surface area contributed by atoms with Crippen LogP contribution in [0.2, 0.25) is 0 Å². The van der Waals surface area contributed by atoms with Gasteiger partial charge in [-0.25, -0.2) is 4.79 Å². The van der Waals surface area contributed by atoms with Gasteiger partial charge in [0.2, 0.25) is 0 Å². The van der Waals surface area contributed by atoms with E-state index in [1.807, 2.05) is 6.92 Å². The predicted molar refractivity (Wildman–Crippen MR) is 62.9 cm³/mol. The van der Waals surface area contributed by atoms with Gasteiger partial charge in [0.15, 0.2) is 0 Å². The van der Waals surface area contributed by atoms with Crippen molar-refractivity contribution in [3.63, 3.8) is 0 Å². The fraction of sp³-hybridized carbons (Fsp3) is 0.417. The van der Waals surface area contributed by atoms with Crippen molar-refractivity contribution >= 4 is 5.97 Å². The van der Waals surface area contributed by atoms with Crippen LogP contribution < -0.4 is 0 Å². The molecule has 0 heterocycles. The van der Waals surface area contributed by atoms with Gasteiger partial charge in [-0.3, -0.25) is 0 Å². The standard InChI is InChI=1S/C7H6O2.C5H12O3/c8-7(9)6-4-2-1-3-5-6;1-2-7-5-8-4-3-6/h1-5H,(H,8,9);6H,2-5H2,1H3. The fourth-order valence-corrected chi connectivity index (χ4v) is 0.846. The van der Waals surface area contributed by atoms with Gasteiger partial charge in [0, 0.05) is 6.61 Å². The summed E-state index contributed by atoms with van der Waals surface area (Å²) in [6.07, 6.45) is 0. The Morgan fingerprint density at radius 2 is 1.88 bits per heavy atom. The lowest BCUT2D eigenvalue weighted by molar-refractivity contribution is -0.0581. The molecule has 2 N–H and O–H groups in total. The summed E-state index contributed by atoms with van der Waals surface area (Å²) in [5, 5.41) is 16.6. The van der Waals surface area contributed by atoms with Gasteiger partial charge in [-0.15, -0.1) is 0 Å². The first-order chi connectivity index (χ1) is 8.22. The number of aliphatic hydroxyl groups excluding tert-OH is 1. The molecule has 0 aliphatic heterocycles. The molecular weight excluding hydrogens is 224 g/mol. The first-order valence-corrected chi connectivity index (χ1v) is 5.27. The van der Waals surface area contributed by atoms with Crippen LogP contribution in [0.5, 0.6) is 0 Å². The van der Waals surface area contributed by atoms with E-state index in [1.165, 1.54) is 0 Å². The maximum absolute atomic E-state index is 10.2. The fourth-order valence-electron chi connectivity index (χ4n) is 0.846. The van der Waals surface area contributed by atoms with Gasteiger partial charge in [0.05, 0.1) is 18.8 Å². The third kappa shape index (κ3) is 9.50. The number of ether oxygens (including phenoxy) is 2. The molecule has 5 nitrogen and oxygen atoms in total. The van der Waals surface area contributed by atoms with Crippen molar-refractivity contribution < 1.29 is 24.5 Å². The molecule has 5 heteroatoms. The Balaban J connectivity index is 0.000000304. The van der Waals surface area contributed by atoms with E-state index < -0.39 is 5.97 Å². The Hall–Kier alpha value is -1.43. The summed E-state index contributed by atoms with van der Waals surface area (Å²) in [7, 11) is 0. The van der Waals surface area contributed by atoms with Crippen molar-refractivity contribution in [3.05, 3.63) is 35.9 Å². The SMILES string of the molecule is CCOCOCCO.O=C(O)c1ccccc1. The number of carboxylic acid groups (broad SMARTS) is 1. The van der Waals surface area contributed by atoms with Crippen molar-refractivity contribution in [3.8, 4) is 0 Å². The largest absolute Gasteiger partial charge is 0.478 e. The summed E-state index contributed by atoms with van der Waals surface area (Å²) < 4.78 is 9.55. The lowest BCUT2D eigenvalue weighted by atomic mass is 10.2. The van der Waals surface area contributed by atoms with Crippen molar-refractivity contribution in [1.82, 2.24) is 0 Å². The topological polar surface area (TPSA) is 76.0 Å². The van der Waals surface area contributed by atoms with Crippen molar-refractivity contribution in [1.29, 1.82) is 0 Å². The van der Waals surface area contributed by atoms with Crippen LogP contribution in [-0.2, 0) is 9.47 Å². The van der Waals surface area contributed by atoms with Crippen molar-refractivity contribution in [2.75, 3.05) is 26.6 Å². The quantitative estimate of drug-likeness (QED) is 0.582. The van der Waals surface area contributed by atoms with E-state index in [0.717, 1.165) is 0 Å². The molecular formula is C12H18O5. The van der Waals surface area contributed by atoms with E-state index in [-0.39, 0.29) is 13.4 Å². The normalized spacial score (nSPS) is 9.29. The molecule has 0 atom stereocenters. The van der Waals surface area contributed by atoms with Crippen molar-refractivity contribution in [2.45, 2.75) is 6.92 Å². The second-order valence-corrected chi connectivity index (χ2v) is 2.91. The van der Waals surface area contributed by atoms with Crippen LogP contribution in [0.15, 0.2) is 30.3 Å². The van der Waals surface area contributed by atoms with Crippen LogP contribution in [0.1, 0.15) is 17.3 Å². The van der Waals surface area contributed by atoms with E-state index in [0.29, 0.717) is 18.8 Å². The number of rotatable bonds is 6. The van der Waals surface area contributed by atoms with E-state index in [1.54, 1.807) is 30.3 Å². The number of carboxylic acids is 1. The molecule has 0 spiro atoms. The zero-order valence-electron chi connectivity index (χ0n) is 9.83. The van der Waals surface area contributed by atoms with Gasteiger partial charge in [0.1, 0.15) is 6.79 Å². The number of aromatic carboxylic acids is 1. The smallest absolute Gasteiger partial charge is 0.335 e. The molecule has 0 amide bonds. The molecule has 0 saturated heterocycles. The Labute approximate surface area is 101 Å². The van der Waals surface area contributed by atoms with Gasteiger partial charge in [-0.05, 0) is 19.1 Å². The molecule has 0 radical (unpaired) electrons. The molecule has 0 aliphatic rings. The number of carbonyl (C=O) groups is 1. The van der Waals surface area contributed by atoms with Crippen molar-refractivity contribution in [2.24, 2.45) is 0 Å². The third-order valence-corrected chi connectivity index (χ3v) is 1.63. The molecule has 0 unspecified atom stereocenters. The highest BCUT2D eigenvalue weighted by Crippen LogP contribution is 1.96. The summed E-state index contributed by atoms with van der Waals surface area (Å²) in [6, 6.07) is 8.30. The molecule has 0 aromatic heterocycles. The predicted octanol–water partition coefficient (Wildman–Crippen LogP) is 1.37. The Bertz CT molecular complexity index is 280. The first kappa shape index (κ1) is 15.6. The second kappa shape index (κ2) is 11.1. The summed E-state index contributed by atoms with van der Waals surface area (Å²) in [4.78, 5) is 10.2. The van der Waals surface area contributed by atoms with Crippen LogP contribution in [0.3, 0.4) is 0 Å². The van der Waals surface area contributed by atoms with Gasteiger partial charge >= 0.3 is 5.97 Å². The lowest BCUT2D eigenvalue weighted by Gasteiger charge is -1.99. The number of hydrogen-bond donors (Lipinski definition) is 2. The molecule has 1 aromatic rings. The molecule has 1 rings (SSSR count). The van der Waals surface area contributed by atoms with Gasteiger partial charge in [-0.1, -0.05) is 18.2 Å². The molecule has 0 fully saturated rings. The van der Waals surface area contributed by atoms with Crippen LogP contribution in [-0.4, -0.2) is 42.8 Å². The van der Waals surface area contributed by atoms with E-state index in [9.17, 15) is 4.79 Å². The van der Waals surface area contributed by atoms with E-state index in [4.69, 9.17) is 19.7 Å². The monoisotopic (exact) mass is 242 g/mol. The van der Waals surface area contributed by atoms with Gasteiger partial charge in [0.25, 0.3) is 0 Å². The third-order valence-electron chi connectivity index (χ3n) is 1.63. The second-order valence-electron chi connectivity index (χ2n) is 2.91. The Morgan fingerprint density at radius 1 is 1.24 bits per heavy atom. The zero-order valence-corrected chi connectivity index (χ0v) is 9.83. The molecule has 0 bridgehead atoms. The minimum absolute atomic E-state index is 0.0626. The van der Waals surface area contributed by atoms with Crippen LogP contribution in [0.4, 0.5) is 0 Å². The Kier molecular flexibility index (Phi) is 10.1. The highest BCUT2D eigenvalue weighted by Gasteiger charge is 1.96. The number of hydrogen-bond acceptors (Lipinski definition) is 4. The van der Waals surface area contributed by atoms with Gasteiger partial charge < -0.3 is 19.7 Å². The highest BCUT2D eigenvalue weighted by atomic mass is 16.7. The van der Waals surface area contributed by atoms with Crippen LogP contribution in [0, 0.1) is 0 Å². The average molecular weight is 242 g/mol. The average Bonchev–Trinajstić information content (AvgIpc) is 2.37. The minimum Gasteiger partial charge on any atom is -0.478 e. The Morgan fingerprint density at radius 3 is 2.29 bits per heavy atom. The molecule has 0 aliphatic carbocycles. The maximum atomic E-state index is 10.2. The van der Waals surface area contributed by atoms with E-state index >= 15 is 0 Å². The minimum atomic E-state index is -0.879. The highest BCUT2D eigenvalue weighted by molar-refractivity contribution is 5.87. The summed E-state index contributed by atoms with van der Waals surface area (Å²) in [5.74, 6) is -0.879. The zero-order chi connectivity index (χ0) is 12.9. The first-order valence-electron chi connectivity index (χ1n) is 5.27. The van der Waals surface area contributed by atoms with Crippen LogP contribution in [0.25, 0.3) is 0 Å². The summed E-state index contributed by atoms with van der Waals surface area (Å²) in [5.41, 5.74) is 0.331. The summed E-state index contributed by atoms with van der Waals surface area (Å²) in [6.45, 7) is 3.26. The van der Waals surface area contributed by atoms with Crippen LogP contribution >= 0.6 is 0 Å². The van der Waals surface area contributed by atoms with E-state index in [2.05, 4.69) is 0 Å². The molecule has 1 aromatic carbocycles. The lowest BCUT2D eigenvalue weighted by Crippen LogP contribution is -2.03. The molecule has 0 saturated carbocycles. The molecule has 96 valence electrons. The number of benzene rings is 1. The molecule has 17 heavy (non-hydrogen) atoms. The van der Waals surface area contributed by atoms with Gasteiger partial charge in [-0.2, -0.15) is 0 Å². The summed E-state index contributed by atoms with van der Waals surface area (Å²) >= 11 is 0. The maximum Gasteiger partial charge on any atom is 0.335 e.